The highest BCUT2D eigenvalue weighted by Crippen LogP contribution is 2.28. The molecule has 1 aromatic rings. The van der Waals surface area contributed by atoms with Gasteiger partial charge in [0.1, 0.15) is 0 Å². The van der Waals surface area contributed by atoms with Crippen LogP contribution in [0, 0.1) is 0 Å². The summed E-state index contributed by atoms with van der Waals surface area (Å²) in [6, 6.07) is 4.00. The summed E-state index contributed by atoms with van der Waals surface area (Å²) < 4.78 is 1.07. The van der Waals surface area contributed by atoms with Crippen LogP contribution in [0.5, 0.6) is 0 Å². The molecule has 0 aliphatic carbocycles. The Balaban J connectivity index is 1.71. The zero-order valence-corrected chi connectivity index (χ0v) is 13.5. The molecule has 1 aromatic heterocycles. The monoisotopic (exact) mass is 345 g/mol. The lowest BCUT2D eigenvalue weighted by Crippen LogP contribution is -2.46. The van der Waals surface area contributed by atoms with Gasteiger partial charge in [0.05, 0.1) is 9.70 Å². The van der Waals surface area contributed by atoms with E-state index in [1.807, 2.05) is 19.1 Å². The smallest absolute Gasteiger partial charge is 0.228 e. The number of halogens is 1. The van der Waals surface area contributed by atoms with Crippen LogP contribution < -0.4 is 10.6 Å². The van der Waals surface area contributed by atoms with E-state index in [9.17, 15) is 4.79 Å². The van der Waals surface area contributed by atoms with Gasteiger partial charge in [0.25, 0.3) is 0 Å². The van der Waals surface area contributed by atoms with Crippen molar-refractivity contribution in [1.82, 2.24) is 15.5 Å². The minimum absolute atomic E-state index is 0.0701. The predicted octanol–water partition coefficient (Wildman–Crippen LogP) is 1.64. The highest BCUT2D eigenvalue weighted by atomic mass is 79.9. The molecule has 1 aliphatic heterocycles. The molecule has 0 aromatic carbocycles. The second kappa shape index (κ2) is 7.38. The van der Waals surface area contributed by atoms with Crippen molar-refractivity contribution < 1.29 is 4.79 Å². The average molecular weight is 346 g/mol. The minimum Gasteiger partial charge on any atom is -0.354 e. The van der Waals surface area contributed by atoms with Crippen LogP contribution in [0.25, 0.3) is 0 Å². The van der Waals surface area contributed by atoms with E-state index in [2.05, 4.69) is 31.5 Å². The predicted molar refractivity (Wildman–Crippen MR) is 82.8 cm³/mol. The first-order valence-electron chi connectivity index (χ1n) is 6.63. The van der Waals surface area contributed by atoms with Gasteiger partial charge >= 0.3 is 0 Å². The number of amides is 1. The maximum absolute atomic E-state index is 12.0. The molecule has 19 heavy (non-hydrogen) atoms. The number of thiophene rings is 1. The Bertz CT molecular complexity index is 418. The van der Waals surface area contributed by atoms with Crippen LogP contribution in [0.15, 0.2) is 15.9 Å². The van der Waals surface area contributed by atoms with Crippen molar-refractivity contribution in [2.45, 2.75) is 12.8 Å². The zero-order chi connectivity index (χ0) is 13.7. The molecular formula is C13H20BrN3OS. The molecule has 1 fully saturated rings. The lowest BCUT2D eigenvalue weighted by Gasteiger charge is -2.27. The number of piperazine rings is 1. The molecule has 6 heteroatoms. The van der Waals surface area contributed by atoms with Gasteiger partial charge in [-0.25, -0.2) is 0 Å². The quantitative estimate of drug-likeness (QED) is 0.852. The van der Waals surface area contributed by atoms with E-state index in [-0.39, 0.29) is 11.8 Å². The van der Waals surface area contributed by atoms with Crippen molar-refractivity contribution in [2.24, 2.45) is 0 Å². The number of carbonyl (C=O) groups is 1. The fraction of sp³-hybridized carbons (Fsp3) is 0.615. The van der Waals surface area contributed by atoms with Crippen molar-refractivity contribution in [1.29, 1.82) is 0 Å². The standard InChI is InChI=1S/C13H20BrN3OS/c1-10(11-2-3-12(14)19-11)13(18)16-6-9-17-7-4-15-5-8-17/h2-3,10,15H,4-9H2,1H3,(H,16,18). The Labute approximate surface area is 126 Å². The van der Waals surface area contributed by atoms with E-state index in [1.165, 1.54) is 0 Å². The Hall–Kier alpha value is -0.430. The minimum atomic E-state index is -0.0701. The fourth-order valence-corrected chi connectivity index (χ4v) is 3.59. The molecular weight excluding hydrogens is 326 g/mol. The number of hydrogen-bond donors (Lipinski definition) is 2. The average Bonchev–Trinajstić information content (AvgIpc) is 2.85. The molecule has 1 unspecified atom stereocenters. The van der Waals surface area contributed by atoms with Crippen molar-refractivity contribution in [3.8, 4) is 0 Å². The Morgan fingerprint density at radius 1 is 1.53 bits per heavy atom. The van der Waals surface area contributed by atoms with E-state index in [0.717, 1.165) is 47.9 Å². The highest BCUT2D eigenvalue weighted by Gasteiger charge is 2.17. The molecule has 0 spiro atoms. The summed E-state index contributed by atoms with van der Waals surface area (Å²) >= 11 is 5.05. The summed E-state index contributed by atoms with van der Waals surface area (Å²) in [6.45, 7) is 7.87. The van der Waals surface area contributed by atoms with E-state index < -0.39 is 0 Å². The molecule has 1 saturated heterocycles. The zero-order valence-electron chi connectivity index (χ0n) is 11.1. The van der Waals surface area contributed by atoms with Crippen molar-refractivity contribution in [2.75, 3.05) is 39.3 Å². The summed E-state index contributed by atoms with van der Waals surface area (Å²) in [5.74, 6) is 0.0452. The van der Waals surface area contributed by atoms with Gasteiger partial charge in [-0.05, 0) is 35.0 Å². The van der Waals surface area contributed by atoms with Crippen LogP contribution in [0.1, 0.15) is 17.7 Å². The molecule has 2 rings (SSSR count). The van der Waals surface area contributed by atoms with Gasteiger partial charge in [-0.1, -0.05) is 0 Å². The van der Waals surface area contributed by atoms with E-state index >= 15 is 0 Å². The van der Waals surface area contributed by atoms with Crippen LogP contribution in [-0.4, -0.2) is 50.1 Å². The van der Waals surface area contributed by atoms with Gasteiger partial charge in [-0.3, -0.25) is 9.69 Å². The molecule has 4 nitrogen and oxygen atoms in total. The summed E-state index contributed by atoms with van der Waals surface area (Å²) in [5, 5.41) is 6.35. The fourth-order valence-electron chi connectivity index (χ4n) is 2.12. The summed E-state index contributed by atoms with van der Waals surface area (Å²) in [6.07, 6.45) is 0. The molecule has 2 heterocycles. The van der Waals surface area contributed by atoms with E-state index in [4.69, 9.17) is 0 Å². The van der Waals surface area contributed by atoms with Gasteiger partial charge < -0.3 is 10.6 Å². The Morgan fingerprint density at radius 3 is 2.89 bits per heavy atom. The van der Waals surface area contributed by atoms with Crippen molar-refractivity contribution >= 4 is 33.2 Å². The van der Waals surface area contributed by atoms with Crippen molar-refractivity contribution in [3.63, 3.8) is 0 Å². The Kier molecular flexibility index (Phi) is 5.81. The molecule has 0 bridgehead atoms. The highest BCUT2D eigenvalue weighted by molar-refractivity contribution is 9.11. The number of nitrogens with zero attached hydrogens (tertiary/aromatic N) is 1. The molecule has 0 saturated carbocycles. The van der Waals surface area contributed by atoms with Crippen LogP contribution in [0.4, 0.5) is 0 Å². The molecule has 0 radical (unpaired) electrons. The van der Waals surface area contributed by atoms with Gasteiger partial charge in [-0.15, -0.1) is 11.3 Å². The number of nitrogens with one attached hydrogen (secondary N) is 2. The first kappa shape index (κ1) is 15.0. The molecule has 1 amide bonds. The third-order valence-electron chi connectivity index (χ3n) is 3.35. The van der Waals surface area contributed by atoms with E-state index in [0.29, 0.717) is 0 Å². The third-order valence-corrected chi connectivity index (χ3v) is 5.16. The van der Waals surface area contributed by atoms with Gasteiger partial charge in [0, 0.05) is 44.1 Å². The van der Waals surface area contributed by atoms with Gasteiger partial charge in [-0.2, -0.15) is 0 Å². The van der Waals surface area contributed by atoms with Crippen molar-refractivity contribution in [3.05, 3.63) is 20.8 Å². The molecule has 1 atom stereocenters. The number of rotatable bonds is 5. The lowest BCUT2D eigenvalue weighted by molar-refractivity contribution is -0.122. The van der Waals surface area contributed by atoms with Crippen LogP contribution >= 0.6 is 27.3 Å². The second-order valence-electron chi connectivity index (χ2n) is 4.75. The number of hydrogen-bond acceptors (Lipinski definition) is 4. The molecule has 106 valence electrons. The largest absolute Gasteiger partial charge is 0.354 e. The van der Waals surface area contributed by atoms with Gasteiger partial charge in [0.2, 0.25) is 5.91 Å². The van der Waals surface area contributed by atoms with Crippen LogP contribution in [0.3, 0.4) is 0 Å². The summed E-state index contributed by atoms with van der Waals surface area (Å²) in [5.41, 5.74) is 0. The van der Waals surface area contributed by atoms with Crippen LogP contribution in [0.2, 0.25) is 0 Å². The van der Waals surface area contributed by atoms with Crippen LogP contribution in [-0.2, 0) is 4.79 Å². The van der Waals surface area contributed by atoms with Gasteiger partial charge in [0.15, 0.2) is 0 Å². The maximum Gasteiger partial charge on any atom is 0.228 e. The maximum atomic E-state index is 12.0. The topological polar surface area (TPSA) is 44.4 Å². The molecule has 2 N–H and O–H groups in total. The Morgan fingerprint density at radius 2 is 2.26 bits per heavy atom. The normalized spacial score (nSPS) is 18.2. The SMILES string of the molecule is CC(C(=O)NCCN1CCNCC1)c1ccc(Br)s1. The van der Waals surface area contributed by atoms with E-state index in [1.54, 1.807) is 11.3 Å². The number of carbonyl (C=O) groups excluding carboxylic acids is 1. The lowest BCUT2D eigenvalue weighted by atomic mass is 10.1. The first-order chi connectivity index (χ1) is 9.16. The summed E-state index contributed by atoms with van der Waals surface area (Å²) in [4.78, 5) is 15.5. The second-order valence-corrected chi connectivity index (χ2v) is 7.24. The summed E-state index contributed by atoms with van der Waals surface area (Å²) in [7, 11) is 0. The first-order valence-corrected chi connectivity index (χ1v) is 8.24. The third kappa shape index (κ3) is 4.56. The molecule has 1 aliphatic rings.